The van der Waals surface area contributed by atoms with Gasteiger partial charge in [0, 0.05) is 18.3 Å². The highest BCUT2D eigenvalue weighted by atomic mass is 19.1. The summed E-state index contributed by atoms with van der Waals surface area (Å²) in [5.41, 5.74) is 7.51. The number of anilines is 1. The molecule has 1 heterocycles. The molecule has 0 bridgehead atoms. The number of nitrogens with zero attached hydrogens (tertiary/aromatic N) is 2. The van der Waals surface area contributed by atoms with E-state index in [-0.39, 0.29) is 11.9 Å². The molecular weight excluding hydrogens is 233 g/mol. The summed E-state index contributed by atoms with van der Waals surface area (Å²) in [5.74, 6) is -0.295. The van der Waals surface area contributed by atoms with Gasteiger partial charge in [0.1, 0.15) is 5.82 Å². The predicted octanol–water partition coefficient (Wildman–Crippen LogP) is 1.57. The van der Waals surface area contributed by atoms with Gasteiger partial charge in [0.25, 0.3) is 0 Å². The second-order valence-corrected chi connectivity index (χ2v) is 4.43. The van der Waals surface area contributed by atoms with Gasteiger partial charge in [-0.2, -0.15) is 5.26 Å². The summed E-state index contributed by atoms with van der Waals surface area (Å²) in [7, 11) is 0. The Balaban J connectivity index is 2.30. The largest absolute Gasteiger partial charge is 0.365 e. The number of rotatable bonds is 2. The van der Waals surface area contributed by atoms with Crippen LogP contribution in [0.4, 0.5) is 10.1 Å². The highest BCUT2D eigenvalue weighted by molar-refractivity contribution is 5.55. The molecule has 2 rings (SSSR count). The van der Waals surface area contributed by atoms with Crippen LogP contribution in [0, 0.1) is 17.1 Å². The smallest absolute Gasteiger partial charge is 0.161 e. The summed E-state index contributed by atoms with van der Waals surface area (Å²) in [6.07, 6.45) is -0.440. The molecule has 2 N–H and O–H groups in total. The van der Waals surface area contributed by atoms with Crippen LogP contribution in [0.25, 0.3) is 0 Å². The van der Waals surface area contributed by atoms with Crippen LogP contribution in [-0.2, 0) is 4.74 Å². The molecule has 0 aromatic heterocycles. The molecule has 1 unspecified atom stereocenters. The summed E-state index contributed by atoms with van der Waals surface area (Å²) in [6, 6.07) is 6.43. The lowest BCUT2D eigenvalue weighted by molar-refractivity contribution is 0.0764. The van der Waals surface area contributed by atoms with Gasteiger partial charge in [0.2, 0.25) is 0 Å². The van der Waals surface area contributed by atoms with Crippen LogP contribution in [0.5, 0.6) is 0 Å². The van der Waals surface area contributed by atoms with Gasteiger partial charge >= 0.3 is 0 Å². The first kappa shape index (κ1) is 12.8. The molecule has 0 radical (unpaired) electrons. The van der Waals surface area contributed by atoms with Gasteiger partial charge in [0.05, 0.1) is 19.2 Å². The third kappa shape index (κ3) is 2.61. The molecule has 0 saturated carbocycles. The Hall–Kier alpha value is -1.64. The summed E-state index contributed by atoms with van der Waals surface area (Å²) in [5, 5.41) is 8.89. The maximum Gasteiger partial charge on any atom is 0.161 e. The van der Waals surface area contributed by atoms with Gasteiger partial charge < -0.3 is 15.4 Å². The first-order valence-corrected chi connectivity index (χ1v) is 5.93. The minimum atomic E-state index is -0.440. The zero-order valence-corrected chi connectivity index (χ0v) is 10.3. The maximum atomic E-state index is 13.3. The number of benzene rings is 1. The van der Waals surface area contributed by atoms with Crippen molar-refractivity contribution >= 4 is 5.69 Å². The number of hydrogen-bond donors (Lipinski definition) is 1. The van der Waals surface area contributed by atoms with E-state index in [1.807, 2.05) is 11.8 Å². The number of nitrogens with two attached hydrogens (primary N) is 1. The molecule has 18 heavy (non-hydrogen) atoms. The zero-order valence-electron chi connectivity index (χ0n) is 10.3. The summed E-state index contributed by atoms with van der Waals surface area (Å²) >= 11 is 0. The topological polar surface area (TPSA) is 62.3 Å². The van der Waals surface area contributed by atoms with E-state index < -0.39 is 6.10 Å². The third-order valence-electron chi connectivity index (χ3n) is 3.03. The lowest BCUT2D eigenvalue weighted by atomic mass is 10.0. The quantitative estimate of drug-likeness (QED) is 0.864. The van der Waals surface area contributed by atoms with E-state index >= 15 is 0 Å². The molecule has 0 amide bonds. The fourth-order valence-electron chi connectivity index (χ4n) is 2.12. The number of ether oxygens (including phenoxy) is 1. The van der Waals surface area contributed by atoms with Gasteiger partial charge in [0.15, 0.2) is 6.10 Å². The van der Waals surface area contributed by atoms with Gasteiger partial charge in [-0.15, -0.1) is 0 Å². The lowest BCUT2D eigenvalue weighted by Gasteiger charge is -2.33. The third-order valence-corrected chi connectivity index (χ3v) is 3.03. The normalized spacial score (nSPS) is 21.4. The van der Waals surface area contributed by atoms with Gasteiger partial charge in [-0.1, -0.05) is 0 Å². The van der Waals surface area contributed by atoms with Crippen LogP contribution >= 0.6 is 0 Å². The van der Waals surface area contributed by atoms with E-state index in [4.69, 9.17) is 15.7 Å². The van der Waals surface area contributed by atoms with Crippen LogP contribution in [-0.4, -0.2) is 25.8 Å². The Morgan fingerprint density at radius 1 is 1.61 bits per heavy atom. The Bertz CT molecular complexity index is 470. The molecule has 1 aliphatic rings. The average Bonchev–Trinajstić information content (AvgIpc) is 2.38. The number of hydrogen-bond acceptors (Lipinski definition) is 4. The molecule has 96 valence electrons. The summed E-state index contributed by atoms with van der Waals surface area (Å²) < 4.78 is 18.6. The molecule has 5 heteroatoms. The van der Waals surface area contributed by atoms with Crippen molar-refractivity contribution in [2.24, 2.45) is 5.73 Å². The van der Waals surface area contributed by atoms with E-state index in [9.17, 15) is 4.39 Å². The van der Waals surface area contributed by atoms with Crippen molar-refractivity contribution in [1.29, 1.82) is 5.26 Å². The molecule has 0 spiro atoms. The highest BCUT2D eigenvalue weighted by Gasteiger charge is 2.22. The fourth-order valence-corrected chi connectivity index (χ4v) is 2.12. The SMILES string of the molecule is C[C@@H](N)c1cc(F)ccc1N1CCOC(C#N)C1. The molecule has 4 nitrogen and oxygen atoms in total. The molecule has 1 fully saturated rings. The Kier molecular flexibility index (Phi) is 3.80. The van der Waals surface area contributed by atoms with Gasteiger partial charge in [-0.25, -0.2) is 4.39 Å². The molecular formula is C13H16FN3O. The molecule has 0 aliphatic carbocycles. The molecule has 2 atom stereocenters. The van der Waals surface area contributed by atoms with Crippen LogP contribution in [0.3, 0.4) is 0 Å². The van der Waals surface area contributed by atoms with Crippen molar-refractivity contribution in [3.63, 3.8) is 0 Å². The van der Waals surface area contributed by atoms with Crippen LogP contribution in [0.2, 0.25) is 0 Å². The van der Waals surface area contributed by atoms with Crippen LogP contribution in [0.15, 0.2) is 18.2 Å². The lowest BCUT2D eigenvalue weighted by Crippen LogP contribution is -2.42. The summed E-state index contributed by atoms with van der Waals surface area (Å²) in [6.45, 7) is 3.49. The fraction of sp³-hybridized carbons (Fsp3) is 0.462. The minimum absolute atomic E-state index is 0.251. The van der Waals surface area contributed by atoms with E-state index in [2.05, 4.69) is 6.07 Å². The molecule has 1 aromatic rings. The predicted molar refractivity (Wildman–Crippen MR) is 66.6 cm³/mol. The van der Waals surface area contributed by atoms with E-state index in [1.54, 1.807) is 6.07 Å². The van der Waals surface area contributed by atoms with Gasteiger partial charge in [-0.3, -0.25) is 0 Å². The second kappa shape index (κ2) is 5.34. The molecule has 1 aliphatic heterocycles. The van der Waals surface area contributed by atoms with Crippen molar-refractivity contribution in [1.82, 2.24) is 0 Å². The second-order valence-electron chi connectivity index (χ2n) is 4.43. The minimum Gasteiger partial charge on any atom is -0.365 e. The zero-order chi connectivity index (χ0) is 13.1. The van der Waals surface area contributed by atoms with Crippen LogP contribution in [0.1, 0.15) is 18.5 Å². The van der Waals surface area contributed by atoms with E-state index in [0.29, 0.717) is 19.7 Å². The first-order valence-electron chi connectivity index (χ1n) is 5.93. The van der Waals surface area contributed by atoms with Crippen molar-refractivity contribution < 1.29 is 9.13 Å². The van der Waals surface area contributed by atoms with Crippen molar-refractivity contribution in [2.45, 2.75) is 19.1 Å². The number of nitriles is 1. The van der Waals surface area contributed by atoms with Crippen molar-refractivity contribution in [3.8, 4) is 6.07 Å². The van der Waals surface area contributed by atoms with E-state index in [0.717, 1.165) is 11.3 Å². The summed E-state index contributed by atoms with van der Waals surface area (Å²) in [4.78, 5) is 2.02. The van der Waals surface area contributed by atoms with Crippen LogP contribution < -0.4 is 10.6 Å². The maximum absolute atomic E-state index is 13.3. The number of morpholine rings is 1. The highest BCUT2D eigenvalue weighted by Crippen LogP contribution is 2.27. The van der Waals surface area contributed by atoms with Crippen molar-refractivity contribution in [3.05, 3.63) is 29.6 Å². The first-order chi connectivity index (χ1) is 8.61. The monoisotopic (exact) mass is 249 g/mol. The Morgan fingerprint density at radius 3 is 3.06 bits per heavy atom. The number of halogens is 1. The average molecular weight is 249 g/mol. The van der Waals surface area contributed by atoms with Gasteiger partial charge in [-0.05, 0) is 30.7 Å². The molecule has 1 saturated heterocycles. The van der Waals surface area contributed by atoms with Crippen molar-refractivity contribution in [2.75, 3.05) is 24.6 Å². The Morgan fingerprint density at radius 2 is 2.39 bits per heavy atom. The van der Waals surface area contributed by atoms with E-state index in [1.165, 1.54) is 12.1 Å². The Labute approximate surface area is 106 Å². The standard InChI is InChI=1S/C13H16FN3O/c1-9(16)12-6-10(14)2-3-13(12)17-4-5-18-11(7-15)8-17/h2-3,6,9,11H,4-5,8,16H2,1H3/t9-,11?/m1/s1. The molecule has 1 aromatic carbocycles.